The maximum absolute atomic E-state index is 11.5. The van der Waals surface area contributed by atoms with Crippen LogP contribution in [-0.2, 0) is 20.1 Å². The number of aromatic nitrogens is 5. The highest BCUT2D eigenvalue weighted by atomic mass is 32.1. The van der Waals surface area contributed by atoms with E-state index in [2.05, 4.69) is 37.1 Å². The van der Waals surface area contributed by atoms with E-state index >= 15 is 0 Å². The fraction of sp³-hybridized carbons (Fsp3) is 0.474. The number of ketones is 1. The van der Waals surface area contributed by atoms with E-state index < -0.39 is 0 Å². The quantitative estimate of drug-likeness (QED) is 0.611. The molecule has 0 radical (unpaired) electrons. The Morgan fingerprint density at radius 2 is 2.22 bits per heavy atom. The number of thiophene rings is 1. The number of hydrogen-bond donors (Lipinski definition) is 0. The molecule has 142 valence electrons. The summed E-state index contributed by atoms with van der Waals surface area (Å²) >= 11 is 1.54. The van der Waals surface area contributed by atoms with Crippen molar-refractivity contribution in [1.82, 2.24) is 29.2 Å². The first-order valence-electron chi connectivity index (χ1n) is 9.24. The summed E-state index contributed by atoms with van der Waals surface area (Å²) in [5.41, 5.74) is 1.23. The van der Waals surface area contributed by atoms with Gasteiger partial charge in [-0.1, -0.05) is 0 Å². The van der Waals surface area contributed by atoms with Crippen LogP contribution in [0, 0.1) is 0 Å². The van der Waals surface area contributed by atoms with Gasteiger partial charge in [0.25, 0.3) is 0 Å². The molecule has 0 aliphatic carbocycles. The molecule has 1 aliphatic rings. The van der Waals surface area contributed by atoms with Crippen molar-refractivity contribution in [2.45, 2.75) is 38.8 Å². The number of likely N-dealkylation sites (tertiary alicyclic amines) is 1. The molecule has 0 saturated carbocycles. The normalized spacial score (nSPS) is 18.1. The minimum atomic E-state index is 0.146. The van der Waals surface area contributed by atoms with Crippen molar-refractivity contribution < 1.29 is 4.79 Å². The van der Waals surface area contributed by atoms with E-state index in [9.17, 15) is 4.79 Å². The summed E-state index contributed by atoms with van der Waals surface area (Å²) in [5.74, 6) is 2.54. The summed E-state index contributed by atoms with van der Waals surface area (Å²) in [7, 11) is 2.05. The second kappa shape index (κ2) is 7.74. The molecule has 4 heterocycles. The lowest BCUT2D eigenvalue weighted by Gasteiger charge is -2.32. The largest absolute Gasteiger partial charge is 0.330 e. The minimum absolute atomic E-state index is 0.146. The molecule has 0 aromatic carbocycles. The Labute approximate surface area is 162 Å². The molecule has 4 rings (SSSR count). The molecule has 3 aromatic heterocycles. The first kappa shape index (κ1) is 18.1. The second-order valence-corrected chi connectivity index (χ2v) is 8.13. The molecule has 1 atom stereocenters. The van der Waals surface area contributed by atoms with Crippen molar-refractivity contribution in [2.24, 2.45) is 7.05 Å². The molecule has 0 bridgehead atoms. The van der Waals surface area contributed by atoms with E-state index in [0.717, 1.165) is 49.0 Å². The molecule has 8 heteroatoms. The van der Waals surface area contributed by atoms with E-state index in [0.29, 0.717) is 12.5 Å². The molecular formula is C19H24N6OS. The van der Waals surface area contributed by atoms with Crippen molar-refractivity contribution in [3.8, 4) is 0 Å². The van der Waals surface area contributed by atoms with Gasteiger partial charge in [-0.05, 0) is 43.3 Å². The molecule has 0 spiro atoms. The van der Waals surface area contributed by atoms with E-state index in [1.165, 1.54) is 5.56 Å². The van der Waals surface area contributed by atoms with E-state index in [-0.39, 0.29) is 5.78 Å². The maximum Gasteiger partial charge on any atom is 0.169 e. The van der Waals surface area contributed by atoms with Gasteiger partial charge in [-0.3, -0.25) is 9.69 Å². The van der Waals surface area contributed by atoms with Crippen molar-refractivity contribution in [1.29, 1.82) is 0 Å². The van der Waals surface area contributed by atoms with Crippen molar-refractivity contribution in [3.05, 3.63) is 52.3 Å². The van der Waals surface area contributed by atoms with Crippen LogP contribution in [0.3, 0.4) is 0 Å². The Morgan fingerprint density at radius 3 is 2.96 bits per heavy atom. The molecule has 7 nitrogen and oxygen atoms in total. The third kappa shape index (κ3) is 4.01. The van der Waals surface area contributed by atoms with Crippen LogP contribution < -0.4 is 0 Å². The third-order valence-electron chi connectivity index (χ3n) is 5.16. The van der Waals surface area contributed by atoms with Gasteiger partial charge in [0.1, 0.15) is 5.82 Å². The summed E-state index contributed by atoms with van der Waals surface area (Å²) in [6.45, 7) is 5.26. The predicted octanol–water partition coefficient (Wildman–Crippen LogP) is 2.70. The highest BCUT2D eigenvalue weighted by Gasteiger charge is 2.26. The number of imidazole rings is 1. The SMILES string of the molecule is CC(=O)c1cc(CN2CCC[C@H](c3nnc(Cn4ccnc4)n3C)C2)cs1. The number of carbonyl (C=O) groups excluding carboxylic acids is 1. The lowest BCUT2D eigenvalue weighted by atomic mass is 9.97. The lowest BCUT2D eigenvalue weighted by Crippen LogP contribution is -2.34. The van der Waals surface area contributed by atoms with Crippen LogP contribution in [0.25, 0.3) is 0 Å². The Morgan fingerprint density at radius 1 is 1.33 bits per heavy atom. The Hall–Kier alpha value is -2.32. The minimum Gasteiger partial charge on any atom is -0.330 e. The number of hydrogen-bond acceptors (Lipinski definition) is 6. The van der Waals surface area contributed by atoms with Crippen LogP contribution in [0.2, 0.25) is 0 Å². The van der Waals surface area contributed by atoms with E-state index in [1.807, 2.05) is 16.8 Å². The molecular weight excluding hydrogens is 360 g/mol. The van der Waals surface area contributed by atoms with Gasteiger partial charge < -0.3 is 9.13 Å². The van der Waals surface area contributed by atoms with Gasteiger partial charge in [-0.25, -0.2) is 4.98 Å². The van der Waals surface area contributed by atoms with Gasteiger partial charge in [0, 0.05) is 38.4 Å². The third-order valence-corrected chi connectivity index (χ3v) is 6.24. The summed E-state index contributed by atoms with van der Waals surface area (Å²) in [6.07, 6.45) is 7.80. The van der Waals surface area contributed by atoms with E-state index in [1.54, 1.807) is 30.8 Å². The first-order chi connectivity index (χ1) is 13.1. The molecule has 0 N–H and O–H groups in total. The van der Waals surface area contributed by atoms with Gasteiger partial charge in [-0.15, -0.1) is 21.5 Å². The summed E-state index contributed by atoms with van der Waals surface area (Å²) in [5, 5.41) is 11.0. The van der Waals surface area contributed by atoms with Gasteiger partial charge >= 0.3 is 0 Å². The van der Waals surface area contributed by atoms with Crippen LogP contribution in [0.4, 0.5) is 0 Å². The fourth-order valence-electron chi connectivity index (χ4n) is 3.72. The predicted molar refractivity (Wildman–Crippen MR) is 104 cm³/mol. The Kier molecular flexibility index (Phi) is 5.18. The summed E-state index contributed by atoms with van der Waals surface area (Å²) in [4.78, 5) is 18.9. The van der Waals surface area contributed by atoms with Crippen molar-refractivity contribution in [2.75, 3.05) is 13.1 Å². The number of piperidine rings is 1. The number of nitrogens with zero attached hydrogens (tertiary/aromatic N) is 6. The standard InChI is InChI=1S/C19H24N6OS/c1-14(26)17-8-15(12-27-17)9-24-6-3-4-16(10-24)19-22-21-18(23(19)2)11-25-7-5-20-13-25/h5,7-8,12-13,16H,3-4,6,9-11H2,1-2H3/t16-/m0/s1. The highest BCUT2D eigenvalue weighted by molar-refractivity contribution is 7.12. The van der Waals surface area contributed by atoms with Crippen LogP contribution >= 0.6 is 11.3 Å². The molecule has 27 heavy (non-hydrogen) atoms. The molecule has 1 saturated heterocycles. The van der Waals surface area contributed by atoms with Gasteiger partial charge in [0.15, 0.2) is 11.6 Å². The smallest absolute Gasteiger partial charge is 0.169 e. The average molecular weight is 385 g/mol. The zero-order chi connectivity index (χ0) is 18.8. The average Bonchev–Trinajstić information content (AvgIpc) is 3.39. The topological polar surface area (TPSA) is 68.8 Å². The monoisotopic (exact) mass is 384 g/mol. The Bertz CT molecular complexity index is 913. The summed E-state index contributed by atoms with van der Waals surface area (Å²) in [6, 6.07) is 2.03. The fourth-order valence-corrected chi connectivity index (χ4v) is 4.53. The van der Waals surface area contributed by atoms with Gasteiger partial charge in [0.2, 0.25) is 0 Å². The number of carbonyl (C=O) groups is 1. The van der Waals surface area contributed by atoms with Gasteiger partial charge in [0.05, 0.1) is 17.7 Å². The van der Waals surface area contributed by atoms with Crippen LogP contribution in [0.5, 0.6) is 0 Å². The number of rotatable bonds is 6. The molecule has 0 unspecified atom stereocenters. The van der Waals surface area contributed by atoms with Crippen LogP contribution in [-0.4, -0.2) is 48.1 Å². The first-order valence-corrected chi connectivity index (χ1v) is 10.1. The summed E-state index contributed by atoms with van der Waals surface area (Å²) < 4.78 is 4.14. The second-order valence-electron chi connectivity index (χ2n) is 7.22. The molecule has 1 fully saturated rings. The van der Waals surface area contributed by atoms with Crippen molar-refractivity contribution in [3.63, 3.8) is 0 Å². The molecule has 3 aromatic rings. The molecule has 1 aliphatic heterocycles. The van der Waals surface area contributed by atoms with E-state index in [4.69, 9.17) is 0 Å². The lowest BCUT2D eigenvalue weighted by molar-refractivity contribution is 0.102. The number of Topliss-reactive ketones (excluding diaryl/α,β-unsaturated/α-hetero) is 1. The maximum atomic E-state index is 11.5. The highest BCUT2D eigenvalue weighted by Crippen LogP contribution is 2.27. The zero-order valence-electron chi connectivity index (χ0n) is 15.7. The molecule has 0 amide bonds. The zero-order valence-corrected chi connectivity index (χ0v) is 16.5. The van der Waals surface area contributed by atoms with Crippen LogP contribution in [0.15, 0.2) is 30.2 Å². The van der Waals surface area contributed by atoms with Gasteiger partial charge in [-0.2, -0.15) is 0 Å². The van der Waals surface area contributed by atoms with Crippen molar-refractivity contribution >= 4 is 17.1 Å². The van der Waals surface area contributed by atoms with Crippen LogP contribution in [0.1, 0.15) is 52.6 Å². The Balaban J connectivity index is 1.43.